The Morgan fingerprint density at radius 3 is 2.22 bits per heavy atom. The predicted molar refractivity (Wildman–Crippen MR) is 92.9 cm³/mol. The van der Waals surface area contributed by atoms with Gasteiger partial charge in [0, 0.05) is 11.8 Å². The SMILES string of the molecule is CCCCCC1(C#N)CCC(C2OCC(CCCC)CO2)CC1. The zero-order valence-electron chi connectivity index (χ0n) is 15.2. The molecule has 1 aliphatic carbocycles. The summed E-state index contributed by atoms with van der Waals surface area (Å²) >= 11 is 0. The second kappa shape index (κ2) is 9.64. The molecule has 23 heavy (non-hydrogen) atoms. The van der Waals surface area contributed by atoms with Crippen LogP contribution in [0.25, 0.3) is 0 Å². The summed E-state index contributed by atoms with van der Waals surface area (Å²) in [6, 6.07) is 2.65. The fraction of sp³-hybridized carbons (Fsp3) is 0.950. The van der Waals surface area contributed by atoms with E-state index in [0.29, 0.717) is 11.8 Å². The summed E-state index contributed by atoms with van der Waals surface area (Å²) in [6.07, 6.45) is 12.7. The third-order valence-corrected chi connectivity index (χ3v) is 5.83. The molecule has 1 heterocycles. The largest absolute Gasteiger partial charge is 0.352 e. The average Bonchev–Trinajstić information content (AvgIpc) is 2.61. The molecule has 0 aromatic carbocycles. The van der Waals surface area contributed by atoms with E-state index < -0.39 is 0 Å². The highest BCUT2D eigenvalue weighted by Crippen LogP contribution is 2.44. The van der Waals surface area contributed by atoms with Crippen molar-refractivity contribution in [1.82, 2.24) is 0 Å². The van der Waals surface area contributed by atoms with E-state index in [1.807, 2.05) is 0 Å². The van der Waals surface area contributed by atoms with E-state index in [4.69, 9.17) is 9.47 Å². The molecule has 132 valence electrons. The number of rotatable bonds is 8. The minimum atomic E-state index is -0.0655. The maximum absolute atomic E-state index is 9.64. The van der Waals surface area contributed by atoms with Gasteiger partial charge in [0.05, 0.1) is 24.7 Å². The van der Waals surface area contributed by atoms with Gasteiger partial charge in [0.1, 0.15) is 0 Å². The minimum Gasteiger partial charge on any atom is -0.352 e. The normalized spacial score (nSPS) is 34.9. The van der Waals surface area contributed by atoms with Crippen molar-refractivity contribution in [2.24, 2.45) is 17.3 Å². The zero-order valence-corrected chi connectivity index (χ0v) is 15.2. The second-order valence-electron chi connectivity index (χ2n) is 7.73. The van der Waals surface area contributed by atoms with Crippen LogP contribution in [0.4, 0.5) is 0 Å². The number of ether oxygens (including phenoxy) is 2. The molecular weight excluding hydrogens is 286 g/mol. The Morgan fingerprint density at radius 1 is 1.00 bits per heavy atom. The van der Waals surface area contributed by atoms with Gasteiger partial charge < -0.3 is 9.47 Å². The number of nitrogens with zero attached hydrogens (tertiary/aromatic N) is 1. The summed E-state index contributed by atoms with van der Waals surface area (Å²) in [6.45, 7) is 6.18. The van der Waals surface area contributed by atoms with Crippen molar-refractivity contribution in [1.29, 1.82) is 5.26 Å². The summed E-state index contributed by atoms with van der Waals surface area (Å²) < 4.78 is 12.0. The highest BCUT2D eigenvalue weighted by molar-refractivity contribution is 5.01. The Morgan fingerprint density at radius 2 is 1.65 bits per heavy atom. The van der Waals surface area contributed by atoms with E-state index in [2.05, 4.69) is 19.9 Å². The molecule has 0 atom stereocenters. The lowest BCUT2D eigenvalue weighted by Crippen LogP contribution is -2.40. The first-order chi connectivity index (χ1) is 11.2. The van der Waals surface area contributed by atoms with Crippen LogP contribution in [0.3, 0.4) is 0 Å². The summed E-state index contributed by atoms with van der Waals surface area (Å²) in [7, 11) is 0. The van der Waals surface area contributed by atoms with Crippen LogP contribution in [0.2, 0.25) is 0 Å². The van der Waals surface area contributed by atoms with Crippen LogP contribution < -0.4 is 0 Å². The molecule has 0 unspecified atom stereocenters. The van der Waals surface area contributed by atoms with E-state index in [9.17, 15) is 5.26 Å². The number of nitriles is 1. The highest BCUT2D eigenvalue weighted by Gasteiger charge is 2.39. The lowest BCUT2D eigenvalue weighted by atomic mass is 9.68. The lowest BCUT2D eigenvalue weighted by molar-refractivity contribution is -0.231. The zero-order chi connectivity index (χ0) is 16.5. The van der Waals surface area contributed by atoms with Crippen molar-refractivity contribution >= 4 is 0 Å². The fourth-order valence-electron chi connectivity index (χ4n) is 4.09. The van der Waals surface area contributed by atoms with Crippen LogP contribution >= 0.6 is 0 Å². The Kier molecular flexibility index (Phi) is 7.86. The number of unbranched alkanes of at least 4 members (excludes halogenated alkanes) is 3. The summed E-state index contributed by atoms with van der Waals surface area (Å²) in [5.41, 5.74) is -0.0655. The Labute approximate surface area is 142 Å². The first-order valence-corrected chi connectivity index (χ1v) is 9.87. The first-order valence-electron chi connectivity index (χ1n) is 9.87. The molecule has 2 aliphatic rings. The standard InChI is InChI=1S/C20H35NO2/c1-3-5-7-11-20(16-21)12-9-18(10-13-20)19-22-14-17(15-23-19)8-6-4-2/h17-19H,3-15H2,1-2H3. The first kappa shape index (κ1) is 18.7. The monoisotopic (exact) mass is 321 g/mol. The smallest absolute Gasteiger partial charge is 0.160 e. The predicted octanol–water partition coefficient (Wildman–Crippen LogP) is 5.45. The lowest BCUT2D eigenvalue weighted by Gasteiger charge is -2.40. The maximum atomic E-state index is 9.64. The third kappa shape index (κ3) is 5.47. The van der Waals surface area contributed by atoms with Crippen LogP contribution in [0.15, 0.2) is 0 Å². The highest BCUT2D eigenvalue weighted by atomic mass is 16.7. The molecule has 3 nitrogen and oxygen atoms in total. The molecule has 0 bridgehead atoms. The molecule has 3 heteroatoms. The van der Waals surface area contributed by atoms with Crippen LogP contribution in [-0.4, -0.2) is 19.5 Å². The van der Waals surface area contributed by atoms with Gasteiger partial charge >= 0.3 is 0 Å². The Balaban J connectivity index is 1.73. The van der Waals surface area contributed by atoms with E-state index >= 15 is 0 Å². The number of hydrogen-bond donors (Lipinski definition) is 0. The molecular formula is C20H35NO2. The fourth-order valence-corrected chi connectivity index (χ4v) is 4.09. The van der Waals surface area contributed by atoms with Gasteiger partial charge in [-0.1, -0.05) is 46.0 Å². The molecule has 0 aromatic rings. The van der Waals surface area contributed by atoms with Crippen molar-refractivity contribution in [3.05, 3.63) is 0 Å². The second-order valence-corrected chi connectivity index (χ2v) is 7.73. The van der Waals surface area contributed by atoms with Crippen LogP contribution in [0.1, 0.15) is 84.5 Å². The van der Waals surface area contributed by atoms with E-state index in [1.165, 1.54) is 38.5 Å². The molecule has 0 amide bonds. The molecule has 0 N–H and O–H groups in total. The van der Waals surface area contributed by atoms with Gasteiger partial charge in [0.2, 0.25) is 0 Å². The topological polar surface area (TPSA) is 42.2 Å². The van der Waals surface area contributed by atoms with Crippen molar-refractivity contribution < 1.29 is 9.47 Å². The number of hydrogen-bond acceptors (Lipinski definition) is 3. The molecule has 1 saturated heterocycles. The van der Waals surface area contributed by atoms with Gasteiger partial charge in [-0.25, -0.2) is 0 Å². The van der Waals surface area contributed by atoms with Crippen LogP contribution in [0.5, 0.6) is 0 Å². The van der Waals surface area contributed by atoms with Crippen LogP contribution in [-0.2, 0) is 9.47 Å². The van der Waals surface area contributed by atoms with Gasteiger partial charge in [-0.15, -0.1) is 0 Å². The molecule has 0 aromatic heterocycles. The van der Waals surface area contributed by atoms with Crippen molar-refractivity contribution in [2.75, 3.05) is 13.2 Å². The molecule has 2 fully saturated rings. The Bertz CT molecular complexity index is 360. The van der Waals surface area contributed by atoms with Crippen LogP contribution in [0, 0.1) is 28.6 Å². The molecule has 0 radical (unpaired) electrons. The summed E-state index contributed by atoms with van der Waals surface area (Å²) in [5, 5.41) is 9.64. The van der Waals surface area contributed by atoms with Gasteiger partial charge in [-0.3, -0.25) is 0 Å². The van der Waals surface area contributed by atoms with E-state index in [-0.39, 0.29) is 11.7 Å². The minimum absolute atomic E-state index is 0.0137. The van der Waals surface area contributed by atoms with Gasteiger partial charge in [-0.05, 0) is 38.5 Å². The molecule has 2 rings (SSSR count). The van der Waals surface area contributed by atoms with Gasteiger partial charge in [-0.2, -0.15) is 5.26 Å². The van der Waals surface area contributed by atoms with Crippen molar-refractivity contribution in [3.8, 4) is 6.07 Å². The Hall–Kier alpha value is -0.590. The maximum Gasteiger partial charge on any atom is 0.160 e. The molecule has 1 aliphatic heterocycles. The van der Waals surface area contributed by atoms with Crippen molar-refractivity contribution in [3.63, 3.8) is 0 Å². The van der Waals surface area contributed by atoms with E-state index in [1.54, 1.807) is 0 Å². The summed E-state index contributed by atoms with van der Waals surface area (Å²) in [5.74, 6) is 1.08. The van der Waals surface area contributed by atoms with E-state index in [0.717, 1.165) is 45.3 Å². The van der Waals surface area contributed by atoms with Crippen molar-refractivity contribution in [2.45, 2.75) is 90.8 Å². The summed E-state index contributed by atoms with van der Waals surface area (Å²) in [4.78, 5) is 0. The van der Waals surface area contributed by atoms with Gasteiger partial charge in [0.25, 0.3) is 0 Å². The molecule has 0 spiro atoms. The van der Waals surface area contributed by atoms with Gasteiger partial charge in [0.15, 0.2) is 6.29 Å². The molecule has 1 saturated carbocycles. The average molecular weight is 322 g/mol. The third-order valence-electron chi connectivity index (χ3n) is 5.83. The quantitative estimate of drug-likeness (QED) is 0.558.